The van der Waals surface area contributed by atoms with E-state index in [9.17, 15) is 4.39 Å². The number of halogens is 2. The molecule has 1 aromatic carbocycles. The summed E-state index contributed by atoms with van der Waals surface area (Å²) in [5, 5.41) is 12.2. The van der Waals surface area contributed by atoms with E-state index in [0.29, 0.717) is 11.3 Å². The quantitative estimate of drug-likeness (QED) is 0.866. The summed E-state index contributed by atoms with van der Waals surface area (Å²) in [5.41, 5.74) is 0.839. The molecule has 2 rings (SSSR count). The topological polar surface area (TPSA) is 39.1 Å². The van der Waals surface area contributed by atoms with Crippen molar-refractivity contribution in [1.29, 1.82) is 5.26 Å². The molecule has 1 aliphatic heterocycles. The van der Waals surface area contributed by atoms with Crippen LogP contribution in [-0.4, -0.2) is 25.2 Å². The molecule has 0 radical (unpaired) electrons. The van der Waals surface area contributed by atoms with Crippen molar-refractivity contribution in [2.45, 2.75) is 19.4 Å². The Morgan fingerprint density at radius 2 is 2.22 bits per heavy atom. The average molecular weight is 312 g/mol. The van der Waals surface area contributed by atoms with Gasteiger partial charge in [-0.25, -0.2) is 4.39 Å². The highest BCUT2D eigenvalue weighted by atomic mass is 79.9. The summed E-state index contributed by atoms with van der Waals surface area (Å²) in [6.07, 6.45) is 0. The molecule has 0 saturated carbocycles. The van der Waals surface area contributed by atoms with Crippen molar-refractivity contribution >= 4 is 21.6 Å². The van der Waals surface area contributed by atoms with Crippen molar-refractivity contribution in [1.82, 2.24) is 5.32 Å². The van der Waals surface area contributed by atoms with Gasteiger partial charge < -0.3 is 10.2 Å². The summed E-state index contributed by atoms with van der Waals surface area (Å²) in [4.78, 5) is 2.01. The normalized spacial score (nSPS) is 18.5. The number of piperazine rings is 1. The van der Waals surface area contributed by atoms with Crippen LogP contribution >= 0.6 is 15.9 Å². The molecule has 0 spiro atoms. The number of nitrogens with zero attached hydrogens (tertiary/aromatic N) is 2. The van der Waals surface area contributed by atoms with E-state index in [-0.39, 0.29) is 15.8 Å². The van der Waals surface area contributed by atoms with Crippen molar-refractivity contribution in [3.05, 3.63) is 28.0 Å². The predicted molar refractivity (Wildman–Crippen MR) is 73.1 cm³/mol. The number of rotatable bonds is 1. The van der Waals surface area contributed by atoms with E-state index in [1.54, 1.807) is 12.1 Å². The van der Waals surface area contributed by atoms with Gasteiger partial charge in [0.2, 0.25) is 0 Å². The van der Waals surface area contributed by atoms with E-state index < -0.39 is 0 Å². The maximum absolute atomic E-state index is 14.2. The van der Waals surface area contributed by atoms with E-state index in [0.717, 1.165) is 19.6 Å². The van der Waals surface area contributed by atoms with Gasteiger partial charge in [-0.05, 0) is 41.9 Å². The number of nitriles is 1. The van der Waals surface area contributed by atoms with Gasteiger partial charge in [-0.1, -0.05) is 0 Å². The molecular weight excluding hydrogens is 297 g/mol. The van der Waals surface area contributed by atoms with Crippen LogP contribution in [0.15, 0.2) is 16.6 Å². The fourth-order valence-electron chi connectivity index (χ4n) is 2.22. The molecule has 1 heterocycles. The summed E-state index contributed by atoms with van der Waals surface area (Å²) >= 11 is 3.15. The molecule has 96 valence electrons. The van der Waals surface area contributed by atoms with Crippen LogP contribution in [0.3, 0.4) is 0 Å². The largest absolute Gasteiger partial charge is 0.366 e. The smallest absolute Gasteiger partial charge is 0.161 e. The minimum absolute atomic E-state index is 0.0366. The van der Waals surface area contributed by atoms with E-state index in [4.69, 9.17) is 5.26 Å². The van der Waals surface area contributed by atoms with Gasteiger partial charge in [0.05, 0.1) is 15.7 Å². The third-order valence-electron chi connectivity index (χ3n) is 3.09. The van der Waals surface area contributed by atoms with Gasteiger partial charge in [0.25, 0.3) is 0 Å². The van der Waals surface area contributed by atoms with Gasteiger partial charge in [-0.15, -0.1) is 0 Å². The summed E-state index contributed by atoms with van der Waals surface area (Å²) in [6, 6.07) is 5.30. The second-order valence-electron chi connectivity index (χ2n) is 5.10. The molecule has 1 N–H and O–H groups in total. The molecule has 0 bridgehead atoms. The predicted octanol–water partition coefficient (Wildman–Crippen LogP) is 2.65. The van der Waals surface area contributed by atoms with E-state index >= 15 is 0 Å². The van der Waals surface area contributed by atoms with Crippen LogP contribution < -0.4 is 10.2 Å². The molecular formula is C13H15BrFN3. The minimum atomic E-state index is -0.355. The number of anilines is 1. The Morgan fingerprint density at radius 3 is 2.83 bits per heavy atom. The van der Waals surface area contributed by atoms with Crippen molar-refractivity contribution in [3.8, 4) is 6.07 Å². The van der Waals surface area contributed by atoms with Gasteiger partial charge in [-0.3, -0.25) is 0 Å². The van der Waals surface area contributed by atoms with Gasteiger partial charge in [-0.2, -0.15) is 5.26 Å². The SMILES string of the molecule is CC1(C)CN(c2ccc(C#N)c(Br)c2F)CCN1. The third kappa shape index (κ3) is 2.50. The van der Waals surface area contributed by atoms with Gasteiger partial charge >= 0.3 is 0 Å². The first-order valence-electron chi connectivity index (χ1n) is 5.83. The van der Waals surface area contributed by atoms with E-state index in [2.05, 4.69) is 35.1 Å². The second kappa shape index (κ2) is 4.87. The highest BCUT2D eigenvalue weighted by Crippen LogP contribution is 2.30. The van der Waals surface area contributed by atoms with E-state index in [1.165, 1.54) is 0 Å². The first-order chi connectivity index (χ1) is 8.44. The molecule has 0 unspecified atom stereocenters. The fraction of sp³-hybridized carbons (Fsp3) is 0.462. The van der Waals surface area contributed by atoms with Gasteiger partial charge in [0.1, 0.15) is 6.07 Å². The molecule has 1 fully saturated rings. The molecule has 0 amide bonds. The highest BCUT2D eigenvalue weighted by molar-refractivity contribution is 9.10. The minimum Gasteiger partial charge on any atom is -0.366 e. The fourth-order valence-corrected chi connectivity index (χ4v) is 2.64. The van der Waals surface area contributed by atoms with Crippen LogP contribution in [0, 0.1) is 17.1 Å². The van der Waals surface area contributed by atoms with E-state index in [1.807, 2.05) is 11.0 Å². The molecule has 1 aliphatic rings. The summed E-state index contributed by atoms with van der Waals surface area (Å²) in [5.74, 6) is -0.355. The number of benzene rings is 1. The van der Waals surface area contributed by atoms with Crippen molar-refractivity contribution < 1.29 is 4.39 Å². The Morgan fingerprint density at radius 1 is 1.50 bits per heavy atom. The molecule has 1 saturated heterocycles. The standard InChI is InChI=1S/C13H15BrFN3/c1-13(2)8-18(6-5-17-13)10-4-3-9(7-16)11(14)12(10)15/h3-4,17H,5-6,8H2,1-2H3. The number of hydrogen-bond donors (Lipinski definition) is 1. The van der Waals surface area contributed by atoms with Crippen LogP contribution in [0.2, 0.25) is 0 Å². The lowest BCUT2D eigenvalue weighted by atomic mass is 10.0. The van der Waals surface area contributed by atoms with Crippen molar-refractivity contribution in [2.24, 2.45) is 0 Å². The lowest BCUT2D eigenvalue weighted by Crippen LogP contribution is -2.57. The molecule has 0 aliphatic carbocycles. The Hall–Kier alpha value is -1.12. The second-order valence-corrected chi connectivity index (χ2v) is 5.90. The Labute approximate surface area is 115 Å². The Kier molecular flexibility index (Phi) is 3.60. The highest BCUT2D eigenvalue weighted by Gasteiger charge is 2.27. The first-order valence-corrected chi connectivity index (χ1v) is 6.62. The number of hydrogen-bond acceptors (Lipinski definition) is 3. The first kappa shape index (κ1) is 13.3. The average Bonchev–Trinajstić information content (AvgIpc) is 2.31. The van der Waals surface area contributed by atoms with Crippen molar-refractivity contribution in [3.63, 3.8) is 0 Å². The Bertz CT molecular complexity index is 508. The zero-order valence-electron chi connectivity index (χ0n) is 10.4. The van der Waals surface area contributed by atoms with Crippen molar-refractivity contribution in [2.75, 3.05) is 24.5 Å². The Balaban J connectivity index is 2.35. The zero-order chi connectivity index (χ0) is 13.3. The zero-order valence-corrected chi connectivity index (χ0v) is 12.0. The summed E-state index contributed by atoms with van der Waals surface area (Å²) < 4.78 is 14.5. The van der Waals surface area contributed by atoms with Crippen LogP contribution in [-0.2, 0) is 0 Å². The monoisotopic (exact) mass is 311 g/mol. The van der Waals surface area contributed by atoms with Crippen LogP contribution in [0.1, 0.15) is 19.4 Å². The lowest BCUT2D eigenvalue weighted by Gasteiger charge is -2.40. The summed E-state index contributed by atoms with van der Waals surface area (Å²) in [7, 11) is 0. The van der Waals surface area contributed by atoms with Gasteiger partial charge in [0, 0.05) is 25.2 Å². The third-order valence-corrected chi connectivity index (χ3v) is 3.87. The molecule has 3 nitrogen and oxygen atoms in total. The van der Waals surface area contributed by atoms with Crippen LogP contribution in [0.4, 0.5) is 10.1 Å². The summed E-state index contributed by atoms with van der Waals surface area (Å²) in [6.45, 7) is 6.51. The maximum Gasteiger partial charge on any atom is 0.161 e. The van der Waals surface area contributed by atoms with Crippen LogP contribution in [0.5, 0.6) is 0 Å². The molecule has 1 aromatic rings. The molecule has 0 aromatic heterocycles. The maximum atomic E-state index is 14.2. The molecule has 5 heteroatoms. The molecule has 18 heavy (non-hydrogen) atoms. The number of nitrogens with one attached hydrogen (secondary N) is 1. The molecule has 0 atom stereocenters. The van der Waals surface area contributed by atoms with Crippen LogP contribution in [0.25, 0.3) is 0 Å². The lowest BCUT2D eigenvalue weighted by molar-refractivity contribution is 0.351. The van der Waals surface area contributed by atoms with Gasteiger partial charge in [0.15, 0.2) is 5.82 Å².